The van der Waals surface area contributed by atoms with E-state index in [1.54, 1.807) is 42.7 Å². The lowest BCUT2D eigenvalue weighted by atomic mass is 10.2. The summed E-state index contributed by atoms with van der Waals surface area (Å²) in [5.74, 6) is -1.61. The quantitative estimate of drug-likeness (QED) is 0.508. The first-order chi connectivity index (χ1) is 10.1. The van der Waals surface area contributed by atoms with Crippen molar-refractivity contribution in [1.82, 2.24) is 10.4 Å². The van der Waals surface area contributed by atoms with Gasteiger partial charge in [0.05, 0.1) is 6.21 Å². The molecule has 2 amide bonds. The number of nitrogens with one attached hydrogen (secondary N) is 2. The molecule has 1 heterocycles. The van der Waals surface area contributed by atoms with Crippen molar-refractivity contribution in [3.63, 3.8) is 0 Å². The summed E-state index contributed by atoms with van der Waals surface area (Å²) in [5, 5.41) is 6.19. The number of anilines is 1. The number of carbonyl (C=O) groups excluding carboxylic acids is 2. The molecule has 2 rings (SSSR count). The second kappa shape index (κ2) is 6.95. The first-order valence-corrected chi connectivity index (χ1v) is 6.26. The van der Waals surface area contributed by atoms with Crippen LogP contribution in [-0.2, 0) is 9.59 Å². The van der Waals surface area contributed by atoms with E-state index in [9.17, 15) is 9.59 Å². The Labute approximate surface area is 121 Å². The van der Waals surface area contributed by atoms with E-state index < -0.39 is 11.8 Å². The molecule has 0 fully saturated rings. The van der Waals surface area contributed by atoms with Crippen LogP contribution in [0.1, 0.15) is 11.1 Å². The third kappa shape index (κ3) is 4.54. The molecule has 0 spiro atoms. The van der Waals surface area contributed by atoms with E-state index in [0.717, 1.165) is 11.1 Å². The van der Waals surface area contributed by atoms with Gasteiger partial charge in [0.15, 0.2) is 0 Å². The molecule has 0 unspecified atom stereocenters. The number of amides is 2. The number of hydrogen-bond donors (Lipinski definition) is 2. The maximum Gasteiger partial charge on any atom is 0.329 e. The second-order valence-electron chi connectivity index (χ2n) is 4.31. The predicted octanol–water partition coefficient (Wildman–Crippen LogP) is 1.48. The number of hydrazone groups is 1. The van der Waals surface area contributed by atoms with E-state index in [4.69, 9.17) is 0 Å². The van der Waals surface area contributed by atoms with Crippen molar-refractivity contribution in [2.45, 2.75) is 6.92 Å². The summed E-state index contributed by atoms with van der Waals surface area (Å²) in [4.78, 5) is 27.1. The van der Waals surface area contributed by atoms with Gasteiger partial charge in [-0.05, 0) is 30.7 Å². The van der Waals surface area contributed by atoms with Gasteiger partial charge in [-0.25, -0.2) is 5.43 Å². The molecule has 2 aromatic rings. The van der Waals surface area contributed by atoms with Crippen molar-refractivity contribution in [3.8, 4) is 0 Å². The second-order valence-corrected chi connectivity index (χ2v) is 4.31. The number of nitrogens with zero attached hydrogens (tertiary/aromatic N) is 2. The normalized spacial score (nSPS) is 10.3. The maximum atomic E-state index is 11.7. The third-order valence-electron chi connectivity index (χ3n) is 2.55. The highest BCUT2D eigenvalue weighted by Gasteiger charge is 2.12. The molecular weight excluding hydrogens is 268 g/mol. The molecule has 2 N–H and O–H groups in total. The topological polar surface area (TPSA) is 83.5 Å². The standard InChI is InChI=1S/C15H14N4O2/c1-11-4-2-6-13(8-11)18-14(20)15(21)19-17-10-12-5-3-7-16-9-12/h2-10H,1H3,(H,18,20)(H,19,21)/b17-10-. The molecule has 106 valence electrons. The summed E-state index contributed by atoms with van der Waals surface area (Å²) in [5.41, 5.74) is 4.43. The predicted molar refractivity (Wildman–Crippen MR) is 79.8 cm³/mol. The van der Waals surface area contributed by atoms with Crippen LogP contribution in [0.5, 0.6) is 0 Å². The molecule has 0 aliphatic rings. The lowest BCUT2D eigenvalue weighted by Crippen LogP contribution is -2.32. The minimum Gasteiger partial charge on any atom is -0.318 e. The van der Waals surface area contributed by atoms with Crippen molar-refractivity contribution >= 4 is 23.7 Å². The fourth-order valence-electron chi connectivity index (χ4n) is 1.58. The fraction of sp³-hybridized carbons (Fsp3) is 0.0667. The summed E-state index contributed by atoms with van der Waals surface area (Å²) < 4.78 is 0. The first-order valence-electron chi connectivity index (χ1n) is 6.26. The van der Waals surface area contributed by atoms with E-state index in [-0.39, 0.29) is 0 Å². The zero-order chi connectivity index (χ0) is 15.1. The lowest BCUT2D eigenvalue weighted by molar-refractivity contribution is -0.136. The zero-order valence-electron chi connectivity index (χ0n) is 11.4. The average Bonchev–Trinajstić information content (AvgIpc) is 2.48. The summed E-state index contributed by atoms with van der Waals surface area (Å²) >= 11 is 0. The van der Waals surface area contributed by atoms with Gasteiger partial charge in [-0.1, -0.05) is 18.2 Å². The Kier molecular flexibility index (Phi) is 4.76. The molecule has 6 nitrogen and oxygen atoms in total. The van der Waals surface area contributed by atoms with E-state index in [1.165, 1.54) is 6.21 Å². The molecule has 0 atom stereocenters. The highest BCUT2D eigenvalue weighted by Crippen LogP contribution is 2.08. The van der Waals surface area contributed by atoms with Crippen LogP contribution in [0.25, 0.3) is 0 Å². The Hall–Kier alpha value is -3.02. The van der Waals surface area contributed by atoms with Crippen molar-refractivity contribution in [2.75, 3.05) is 5.32 Å². The van der Waals surface area contributed by atoms with Gasteiger partial charge in [-0.15, -0.1) is 0 Å². The Bertz CT molecular complexity index is 668. The van der Waals surface area contributed by atoms with E-state index in [2.05, 4.69) is 20.8 Å². The zero-order valence-corrected chi connectivity index (χ0v) is 11.4. The van der Waals surface area contributed by atoms with Crippen LogP contribution < -0.4 is 10.7 Å². The number of pyridine rings is 1. The summed E-state index contributed by atoms with van der Waals surface area (Å²) in [6.45, 7) is 1.90. The molecule has 6 heteroatoms. The van der Waals surface area contributed by atoms with Gasteiger partial charge >= 0.3 is 11.8 Å². The van der Waals surface area contributed by atoms with E-state index >= 15 is 0 Å². The summed E-state index contributed by atoms with van der Waals surface area (Å²) in [7, 11) is 0. The van der Waals surface area contributed by atoms with Crippen LogP contribution in [0.3, 0.4) is 0 Å². The van der Waals surface area contributed by atoms with Gasteiger partial charge < -0.3 is 5.32 Å². The summed E-state index contributed by atoms with van der Waals surface area (Å²) in [6.07, 6.45) is 4.62. The van der Waals surface area contributed by atoms with Gasteiger partial charge in [0.25, 0.3) is 0 Å². The monoisotopic (exact) mass is 282 g/mol. The van der Waals surface area contributed by atoms with Gasteiger partial charge in [0.1, 0.15) is 0 Å². The average molecular weight is 282 g/mol. The molecule has 1 aromatic carbocycles. The SMILES string of the molecule is Cc1cccc(NC(=O)C(=O)N/N=C\c2cccnc2)c1. The van der Waals surface area contributed by atoms with E-state index in [0.29, 0.717) is 5.69 Å². The van der Waals surface area contributed by atoms with Gasteiger partial charge in [-0.2, -0.15) is 5.10 Å². The van der Waals surface area contributed by atoms with Gasteiger partial charge in [-0.3, -0.25) is 14.6 Å². The molecule has 1 aromatic heterocycles. The fourth-order valence-corrected chi connectivity index (χ4v) is 1.58. The molecule has 21 heavy (non-hydrogen) atoms. The number of aromatic nitrogens is 1. The highest BCUT2D eigenvalue weighted by molar-refractivity contribution is 6.39. The van der Waals surface area contributed by atoms with Crippen LogP contribution in [0.2, 0.25) is 0 Å². The maximum absolute atomic E-state index is 11.7. The molecule has 0 saturated heterocycles. The molecule has 0 saturated carbocycles. The molecular formula is C15H14N4O2. The van der Waals surface area contributed by atoms with Crippen molar-refractivity contribution in [1.29, 1.82) is 0 Å². The number of rotatable bonds is 3. The van der Waals surface area contributed by atoms with Crippen LogP contribution >= 0.6 is 0 Å². The van der Waals surface area contributed by atoms with Crippen LogP contribution in [0.15, 0.2) is 53.9 Å². The third-order valence-corrected chi connectivity index (χ3v) is 2.55. The number of aryl methyl sites for hydroxylation is 1. The molecule has 0 aliphatic carbocycles. The Morgan fingerprint density at radius 2 is 2.05 bits per heavy atom. The van der Waals surface area contributed by atoms with Crippen molar-refractivity contribution in [3.05, 3.63) is 59.9 Å². The van der Waals surface area contributed by atoms with Crippen molar-refractivity contribution < 1.29 is 9.59 Å². The highest BCUT2D eigenvalue weighted by atomic mass is 16.2. The largest absolute Gasteiger partial charge is 0.329 e. The smallest absolute Gasteiger partial charge is 0.318 e. The molecule has 0 radical (unpaired) electrons. The van der Waals surface area contributed by atoms with E-state index in [1.807, 2.05) is 13.0 Å². The van der Waals surface area contributed by atoms with Crippen molar-refractivity contribution in [2.24, 2.45) is 5.10 Å². The summed E-state index contributed by atoms with van der Waals surface area (Å²) in [6, 6.07) is 10.7. The first kappa shape index (κ1) is 14.4. The minimum absolute atomic E-state index is 0.561. The Morgan fingerprint density at radius 1 is 1.19 bits per heavy atom. The van der Waals surface area contributed by atoms with Gasteiger partial charge in [0, 0.05) is 23.6 Å². The van der Waals surface area contributed by atoms with Crippen LogP contribution in [0, 0.1) is 6.92 Å². The number of hydrogen-bond acceptors (Lipinski definition) is 4. The lowest BCUT2D eigenvalue weighted by Gasteiger charge is -2.04. The van der Waals surface area contributed by atoms with Crippen LogP contribution in [-0.4, -0.2) is 23.0 Å². The molecule has 0 bridgehead atoms. The molecule has 0 aliphatic heterocycles. The number of carbonyl (C=O) groups is 2. The van der Waals surface area contributed by atoms with Crippen LogP contribution in [0.4, 0.5) is 5.69 Å². The van der Waals surface area contributed by atoms with Gasteiger partial charge in [0.2, 0.25) is 0 Å². The Balaban J connectivity index is 1.88. The Morgan fingerprint density at radius 3 is 2.76 bits per heavy atom. The minimum atomic E-state index is -0.836. The number of benzene rings is 1.